The summed E-state index contributed by atoms with van der Waals surface area (Å²) in [6.45, 7) is 22.3. The summed E-state index contributed by atoms with van der Waals surface area (Å²) in [6, 6.07) is 0. The van der Waals surface area contributed by atoms with Crippen LogP contribution in [0.4, 0.5) is 0 Å². The zero-order valence-corrected chi connectivity index (χ0v) is 16.8. The van der Waals surface area contributed by atoms with Gasteiger partial charge in [-0.05, 0) is 34.9 Å². The molecule has 1 N–H and O–H groups in total. The van der Waals surface area contributed by atoms with Gasteiger partial charge >= 0.3 is 5.97 Å². The van der Waals surface area contributed by atoms with Crippen LogP contribution in [0.1, 0.15) is 61.8 Å². The van der Waals surface area contributed by atoms with Crippen molar-refractivity contribution in [1.82, 2.24) is 0 Å². The summed E-state index contributed by atoms with van der Waals surface area (Å²) < 4.78 is 6.60. The van der Waals surface area contributed by atoms with Crippen LogP contribution in [0.25, 0.3) is 0 Å². The summed E-state index contributed by atoms with van der Waals surface area (Å²) in [6.07, 6.45) is 0.527. The average molecular weight is 329 g/mol. The van der Waals surface area contributed by atoms with Crippen molar-refractivity contribution in [2.75, 3.05) is 6.61 Å². The quantitative estimate of drug-likeness (QED) is 0.426. The molecule has 0 rings (SSSR count). The maximum Gasteiger partial charge on any atom is 0.330 e. The number of aliphatic carboxylic acids is 1. The average Bonchev–Trinajstić information content (AvgIpc) is 2.37. The highest BCUT2D eigenvalue weighted by molar-refractivity contribution is 6.77. The van der Waals surface area contributed by atoms with Crippen molar-refractivity contribution in [3.8, 4) is 0 Å². The largest absolute Gasteiger partial charge is 0.478 e. The van der Waals surface area contributed by atoms with E-state index >= 15 is 0 Å². The minimum absolute atomic E-state index is 0.266. The Morgan fingerprint density at radius 3 is 1.68 bits per heavy atom. The molecule has 0 saturated carbocycles. The molecule has 0 aliphatic rings. The van der Waals surface area contributed by atoms with Crippen LogP contribution >= 0.6 is 0 Å². The van der Waals surface area contributed by atoms with Crippen molar-refractivity contribution >= 4 is 14.3 Å². The van der Waals surface area contributed by atoms with Crippen LogP contribution in [0, 0.1) is 11.8 Å². The van der Waals surface area contributed by atoms with Crippen LogP contribution in [-0.4, -0.2) is 26.0 Å². The first-order valence-electron chi connectivity index (χ1n) is 8.51. The molecule has 0 bridgehead atoms. The number of carbonyl (C=O) groups is 1. The van der Waals surface area contributed by atoms with Gasteiger partial charge in [0, 0.05) is 12.2 Å². The molecule has 3 nitrogen and oxygen atoms in total. The predicted molar refractivity (Wildman–Crippen MR) is 96.7 cm³/mol. The Bertz CT molecular complexity index is 353. The van der Waals surface area contributed by atoms with Crippen LogP contribution in [0.15, 0.2) is 12.2 Å². The van der Waals surface area contributed by atoms with E-state index < -0.39 is 14.3 Å². The lowest BCUT2D eigenvalue weighted by Gasteiger charge is -2.43. The normalized spacial score (nSPS) is 15.4. The van der Waals surface area contributed by atoms with Gasteiger partial charge in [-0.15, -0.1) is 0 Å². The van der Waals surface area contributed by atoms with Crippen LogP contribution in [0.5, 0.6) is 0 Å². The molecule has 0 amide bonds. The fraction of sp³-hybridized carbons (Fsp3) is 0.833. The van der Waals surface area contributed by atoms with Crippen LogP contribution < -0.4 is 0 Å². The molecule has 0 aliphatic heterocycles. The topological polar surface area (TPSA) is 46.5 Å². The lowest BCUT2D eigenvalue weighted by Crippen LogP contribution is -2.48. The van der Waals surface area contributed by atoms with Crippen molar-refractivity contribution in [1.29, 1.82) is 0 Å². The Hall–Kier alpha value is -0.613. The van der Waals surface area contributed by atoms with E-state index in [4.69, 9.17) is 9.53 Å². The molecule has 22 heavy (non-hydrogen) atoms. The van der Waals surface area contributed by atoms with E-state index in [2.05, 4.69) is 62.0 Å². The molecule has 0 spiro atoms. The molecular formula is C18H36O3Si. The van der Waals surface area contributed by atoms with Gasteiger partial charge in [0.15, 0.2) is 8.32 Å². The maximum absolute atomic E-state index is 10.9. The third-order valence-electron chi connectivity index (χ3n) is 5.15. The molecular weight excluding hydrogens is 292 g/mol. The molecule has 0 aromatic rings. The number of carboxylic acids is 1. The van der Waals surface area contributed by atoms with E-state index in [1.807, 2.05) is 0 Å². The summed E-state index contributed by atoms with van der Waals surface area (Å²) in [5, 5.41) is 8.97. The second kappa shape index (κ2) is 8.87. The Balaban J connectivity index is 4.85. The van der Waals surface area contributed by atoms with E-state index in [9.17, 15) is 4.79 Å². The molecule has 0 heterocycles. The molecule has 0 aromatic heterocycles. The van der Waals surface area contributed by atoms with Gasteiger partial charge in [0.05, 0.1) is 0 Å². The van der Waals surface area contributed by atoms with Gasteiger partial charge in [0.1, 0.15) is 0 Å². The minimum atomic E-state index is -1.84. The first kappa shape index (κ1) is 21.4. The maximum atomic E-state index is 10.9. The SMILES string of the molecule is C=C(C[C@@H](C)[C@H](C)CO[Si](C(C)C)(C(C)C)C(C)C)C(=O)O. The third-order valence-corrected chi connectivity index (χ3v) is 11.2. The first-order chi connectivity index (χ1) is 9.96. The summed E-state index contributed by atoms with van der Waals surface area (Å²) in [4.78, 5) is 10.9. The Morgan fingerprint density at radius 1 is 0.955 bits per heavy atom. The number of carboxylic acid groups (broad SMARTS) is 1. The fourth-order valence-corrected chi connectivity index (χ4v) is 9.17. The first-order valence-corrected chi connectivity index (χ1v) is 10.7. The molecule has 4 heteroatoms. The Kier molecular flexibility index (Phi) is 8.63. The molecule has 0 unspecified atom stereocenters. The van der Waals surface area contributed by atoms with Gasteiger partial charge in [-0.25, -0.2) is 4.79 Å². The number of hydrogen-bond donors (Lipinski definition) is 1. The summed E-state index contributed by atoms with van der Waals surface area (Å²) in [5.41, 5.74) is 2.01. The highest BCUT2D eigenvalue weighted by Crippen LogP contribution is 2.42. The van der Waals surface area contributed by atoms with Gasteiger partial charge in [-0.3, -0.25) is 0 Å². The lowest BCUT2D eigenvalue weighted by atomic mass is 9.91. The number of rotatable bonds is 10. The zero-order chi connectivity index (χ0) is 17.7. The van der Waals surface area contributed by atoms with Crippen molar-refractivity contribution in [2.24, 2.45) is 11.8 Å². The van der Waals surface area contributed by atoms with Crippen molar-refractivity contribution in [3.63, 3.8) is 0 Å². The second-order valence-corrected chi connectivity index (χ2v) is 13.2. The van der Waals surface area contributed by atoms with Crippen molar-refractivity contribution in [3.05, 3.63) is 12.2 Å². The van der Waals surface area contributed by atoms with Gasteiger partial charge < -0.3 is 9.53 Å². The molecule has 0 saturated heterocycles. The molecule has 0 aliphatic carbocycles. The second-order valence-electron chi connectivity index (χ2n) is 7.70. The summed E-state index contributed by atoms with van der Waals surface area (Å²) in [7, 11) is -1.84. The van der Waals surface area contributed by atoms with E-state index in [1.54, 1.807) is 0 Å². The van der Waals surface area contributed by atoms with Crippen molar-refractivity contribution in [2.45, 2.75) is 78.4 Å². The molecule has 0 fully saturated rings. The number of hydrogen-bond acceptors (Lipinski definition) is 2. The van der Waals surface area contributed by atoms with E-state index in [0.717, 1.165) is 6.61 Å². The molecule has 0 aromatic carbocycles. The van der Waals surface area contributed by atoms with Crippen molar-refractivity contribution < 1.29 is 14.3 Å². The van der Waals surface area contributed by atoms with E-state index in [0.29, 0.717) is 34.5 Å². The highest BCUT2D eigenvalue weighted by atomic mass is 28.4. The smallest absolute Gasteiger partial charge is 0.330 e. The monoisotopic (exact) mass is 328 g/mol. The Morgan fingerprint density at radius 2 is 1.36 bits per heavy atom. The summed E-state index contributed by atoms with van der Waals surface area (Å²) in [5.74, 6) is -0.295. The molecule has 130 valence electrons. The lowest BCUT2D eigenvalue weighted by molar-refractivity contribution is -0.132. The molecule has 0 radical (unpaired) electrons. The van der Waals surface area contributed by atoms with Crippen LogP contribution in [0.3, 0.4) is 0 Å². The fourth-order valence-electron chi connectivity index (χ4n) is 3.62. The van der Waals surface area contributed by atoms with Gasteiger partial charge in [-0.1, -0.05) is 62.0 Å². The Labute approximate surface area is 138 Å². The van der Waals surface area contributed by atoms with Gasteiger partial charge in [0.2, 0.25) is 0 Å². The van der Waals surface area contributed by atoms with E-state index in [-0.39, 0.29) is 5.92 Å². The zero-order valence-electron chi connectivity index (χ0n) is 15.8. The third kappa shape index (κ3) is 5.23. The minimum Gasteiger partial charge on any atom is -0.478 e. The van der Waals surface area contributed by atoms with Gasteiger partial charge in [0.25, 0.3) is 0 Å². The molecule has 2 atom stereocenters. The standard InChI is InChI=1S/C18H36O3Si/c1-12(2)22(13(3)4,14(5)6)21-11-17(9)15(7)10-16(8)18(19)20/h12-15,17H,8,10-11H2,1-7,9H3,(H,19,20)/t15-,17-/m1/s1. The van der Waals surface area contributed by atoms with Gasteiger partial charge in [-0.2, -0.15) is 0 Å². The predicted octanol–water partition coefficient (Wildman–Crippen LogP) is 5.48. The van der Waals surface area contributed by atoms with Crippen LogP contribution in [0.2, 0.25) is 16.6 Å². The highest BCUT2D eigenvalue weighted by Gasteiger charge is 2.45. The van der Waals surface area contributed by atoms with Crippen LogP contribution in [-0.2, 0) is 9.22 Å². The van der Waals surface area contributed by atoms with E-state index in [1.165, 1.54) is 0 Å². The summed E-state index contributed by atoms with van der Waals surface area (Å²) >= 11 is 0.